The molecule has 0 amide bonds. The maximum atomic E-state index is 14.4. The Morgan fingerprint density at radius 2 is 1.39 bits per heavy atom. The summed E-state index contributed by atoms with van der Waals surface area (Å²) in [6.45, 7) is 0. The van der Waals surface area contributed by atoms with Gasteiger partial charge in [0.15, 0.2) is 0 Å². The molecule has 0 aliphatic heterocycles. The molecule has 2 nitrogen and oxygen atoms in total. The Balaban J connectivity index is 2.39. The second-order valence-electron chi connectivity index (χ2n) is 4.28. The van der Waals surface area contributed by atoms with E-state index in [1.54, 1.807) is 54.6 Å². The van der Waals surface area contributed by atoms with Crippen LogP contribution in [-0.2, 0) is 4.57 Å². The monoisotopic (exact) mass is 263 g/mol. The number of nitrogens with zero attached hydrogens (tertiary/aromatic N) is 1. The fourth-order valence-corrected chi connectivity index (χ4v) is 3.10. The molecule has 0 spiro atoms. The van der Waals surface area contributed by atoms with Gasteiger partial charge in [0.1, 0.15) is 0 Å². The molecule has 0 aliphatic carbocycles. The third-order valence-electron chi connectivity index (χ3n) is 2.79. The Kier molecular flexibility index (Phi) is 3.53. The number of halogens is 1. The van der Waals surface area contributed by atoms with Crippen molar-refractivity contribution in [3.05, 3.63) is 54.6 Å². The van der Waals surface area contributed by atoms with E-state index in [9.17, 15) is 8.76 Å². The van der Waals surface area contributed by atoms with Crippen molar-refractivity contribution in [2.45, 2.75) is 0 Å². The third kappa shape index (κ3) is 2.46. The molecule has 0 N–H and O–H groups in total. The van der Waals surface area contributed by atoms with Crippen LogP contribution in [0.15, 0.2) is 54.6 Å². The van der Waals surface area contributed by atoms with Gasteiger partial charge in [0.25, 0.3) is 7.45 Å². The zero-order chi connectivity index (χ0) is 13.2. The van der Waals surface area contributed by atoms with Crippen molar-refractivity contribution >= 4 is 23.7 Å². The lowest BCUT2D eigenvalue weighted by molar-refractivity contribution is 0.558. The van der Waals surface area contributed by atoms with Crippen LogP contribution < -0.4 is 15.5 Å². The number of benzene rings is 2. The van der Waals surface area contributed by atoms with Crippen LogP contribution in [0.3, 0.4) is 0 Å². The Morgan fingerprint density at radius 1 is 0.889 bits per heavy atom. The predicted molar refractivity (Wildman–Crippen MR) is 75.2 cm³/mol. The molecule has 94 valence electrons. The second kappa shape index (κ2) is 4.95. The Bertz CT molecular complexity index is 566. The van der Waals surface area contributed by atoms with E-state index in [0.717, 1.165) is 5.69 Å². The predicted octanol–water partition coefficient (Wildman–Crippen LogP) is 2.95. The standard InChI is InChI=1S/C14H15FNOP/c1-16(2)12-8-10-14(11-9-12)18(15,17)13-6-4-3-5-7-13/h3-11H,1-2H3. The summed E-state index contributed by atoms with van der Waals surface area (Å²) in [5.74, 6) is 0. The highest BCUT2D eigenvalue weighted by Crippen LogP contribution is 2.44. The maximum Gasteiger partial charge on any atom is 0.300 e. The molecule has 4 heteroatoms. The highest BCUT2D eigenvalue weighted by Gasteiger charge is 2.26. The Hall–Kier alpha value is -1.60. The van der Waals surface area contributed by atoms with Crippen LogP contribution in [0.4, 0.5) is 9.88 Å². The number of hydrogen-bond acceptors (Lipinski definition) is 2. The third-order valence-corrected chi connectivity index (χ3v) is 4.71. The first-order valence-corrected chi connectivity index (χ1v) is 7.25. The van der Waals surface area contributed by atoms with E-state index in [4.69, 9.17) is 0 Å². The minimum Gasteiger partial charge on any atom is -0.378 e. The van der Waals surface area contributed by atoms with Gasteiger partial charge in [0.05, 0.1) is 0 Å². The van der Waals surface area contributed by atoms with E-state index in [2.05, 4.69) is 0 Å². The van der Waals surface area contributed by atoms with Crippen molar-refractivity contribution in [1.29, 1.82) is 0 Å². The summed E-state index contributed by atoms with van der Waals surface area (Å²) in [6.07, 6.45) is 0. The van der Waals surface area contributed by atoms with E-state index in [1.165, 1.54) is 0 Å². The number of hydrogen-bond donors (Lipinski definition) is 0. The van der Waals surface area contributed by atoms with Crippen molar-refractivity contribution in [3.63, 3.8) is 0 Å². The molecule has 1 atom stereocenters. The molecule has 2 rings (SSSR count). The van der Waals surface area contributed by atoms with Gasteiger partial charge in [-0.05, 0) is 36.4 Å². The van der Waals surface area contributed by atoms with Gasteiger partial charge < -0.3 is 4.90 Å². The molecular formula is C14H15FNOP. The minimum absolute atomic E-state index is 0.235. The van der Waals surface area contributed by atoms with Crippen LogP contribution in [-0.4, -0.2) is 14.1 Å². The van der Waals surface area contributed by atoms with E-state index in [0.29, 0.717) is 0 Å². The van der Waals surface area contributed by atoms with Gasteiger partial charge in [-0.3, -0.25) is 4.57 Å². The van der Waals surface area contributed by atoms with Gasteiger partial charge >= 0.3 is 0 Å². The average molecular weight is 263 g/mol. The van der Waals surface area contributed by atoms with E-state index < -0.39 is 7.45 Å². The smallest absolute Gasteiger partial charge is 0.300 e. The lowest BCUT2D eigenvalue weighted by Crippen LogP contribution is -2.14. The van der Waals surface area contributed by atoms with Crippen LogP contribution in [0.2, 0.25) is 0 Å². The summed E-state index contributed by atoms with van der Waals surface area (Å²) < 4.78 is 26.6. The molecule has 0 fully saturated rings. The fourth-order valence-electron chi connectivity index (χ4n) is 1.71. The van der Waals surface area contributed by atoms with Crippen molar-refractivity contribution in [3.8, 4) is 0 Å². The highest BCUT2D eigenvalue weighted by molar-refractivity contribution is 7.74. The molecule has 0 aliphatic rings. The lowest BCUT2D eigenvalue weighted by atomic mass is 10.3. The number of rotatable bonds is 3. The highest BCUT2D eigenvalue weighted by atomic mass is 31.2. The van der Waals surface area contributed by atoms with Crippen molar-refractivity contribution in [1.82, 2.24) is 0 Å². The van der Waals surface area contributed by atoms with Gasteiger partial charge in [-0.1, -0.05) is 18.2 Å². The number of anilines is 1. The fraction of sp³-hybridized carbons (Fsp3) is 0.143. The average Bonchev–Trinajstić information content (AvgIpc) is 2.40. The second-order valence-corrected chi connectivity index (χ2v) is 6.38. The minimum atomic E-state index is -3.97. The van der Waals surface area contributed by atoms with Gasteiger partial charge in [-0.15, -0.1) is 0 Å². The lowest BCUT2D eigenvalue weighted by Gasteiger charge is -2.14. The molecule has 2 aromatic rings. The van der Waals surface area contributed by atoms with E-state index >= 15 is 0 Å². The zero-order valence-corrected chi connectivity index (χ0v) is 11.3. The summed E-state index contributed by atoms with van der Waals surface area (Å²) >= 11 is 0. The molecule has 0 saturated heterocycles. The van der Waals surface area contributed by atoms with Gasteiger partial charge in [-0.2, -0.15) is 4.20 Å². The SMILES string of the molecule is CN(C)c1ccc(P(=O)(F)c2ccccc2)cc1. The molecule has 0 bridgehead atoms. The van der Waals surface area contributed by atoms with E-state index in [-0.39, 0.29) is 10.6 Å². The first-order chi connectivity index (χ1) is 8.51. The van der Waals surface area contributed by atoms with Crippen molar-refractivity contribution in [2.75, 3.05) is 19.0 Å². The van der Waals surface area contributed by atoms with Crippen molar-refractivity contribution in [2.24, 2.45) is 0 Å². The van der Waals surface area contributed by atoms with Crippen molar-refractivity contribution < 1.29 is 8.76 Å². The normalized spacial score (nSPS) is 13.9. The summed E-state index contributed by atoms with van der Waals surface area (Å²) in [4.78, 5) is 1.91. The topological polar surface area (TPSA) is 20.3 Å². The van der Waals surface area contributed by atoms with Crippen LogP contribution in [0.25, 0.3) is 0 Å². The molecule has 0 saturated carbocycles. The van der Waals surface area contributed by atoms with Crippen LogP contribution in [0.1, 0.15) is 0 Å². The molecule has 0 aromatic heterocycles. The molecular weight excluding hydrogens is 248 g/mol. The largest absolute Gasteiger partial charge is 0.378 e. The van der Waals surface area contributed by atoms with Gasteiger partial charge in [0, 0.05) is 30.4 Å². The van der Waals surface area contributed by atoms with Crippen LogP contribution in [0.5, 0.6) is 0 Å². The summed E-state index contributed by atoms with van der Waals surface area (Å²) in [6, 6.07) is 15.0. The molecule has 0 heterocycles. The maximum absolute atomic E-state index is 14.4. The Morgan fingerprint density at radius 3 is 1.89 bits per heavy atom. The summed E-state index contributed by atoms with van der Waals surface area (Å²) in [5.41, 5.74) is 0.951. The quantitative estimate of drug-likeness (QED) is 0.793. The van der Waals surface area contributed by atoms with Gasteiger partial charge in [-0.25, -0.2) is 0 Å². The molecule has 2 aromatic carbocycles. The molecule has 1 unspecified atom stereocenters. The van der Waals surface area contributed by atoms with Gasteiger partial charge in [0.2, 0.25) is 0 Å². The van der Waals surface area contributed by atoms with Crippen LogP contribution >= 0.6 is 7.45 Å². The Labute approximate surface area is 107 Å². The van der Waals surface area contributed by atoms with E-state index in [1.807, 2.05) is 19.0 Å². The molecule has 18 heavy (non-hydrogen) atoms. The zero-order valence-electron chi connectivity index (χ0n) is 10.4. The molecule has 0 radical (unpaired) electrons. The summed E-state index contributed by atoms with van der Waals surface area (Å²) in [5, 5.41) is 0.474. The first-order valence-electron chi connectivity index (χ1n) is 5.65. The summed E-state index contributed by atoms with van der Waals surface area (Å²) in [7, 11) is -0.158. The van der Waals surface area contributed by atoms with Crippen LogP contribution in [0, 0.1) is 0 Å². The first kappa shape index (κ1) is 12.8.